The average Bonchev–Trinajstić information content (AvgIpc) is 2.41. The smallest absolute Gasteiger partial charge is 0.302 e. The van der Waals surface area contributed by atoms with Gasteiger partial charge in [-0.25, -0.2) is 0 Å². The molecule has 0 aromatic heterocycles. The highest BCUT2D eigenvalue weighted by molar-refractivity contribution is 6.82. The molecule has 0 unspecified atom stereocenters. The van der Waals surface area contributed by atoms with Gasteiger partial charge in [-0.3, -0.25) is 0 Å². The Balaban J connectivity index is 2.25. The molecule has 1 aromatic rings. The quantitative estimate of drug-likeness (QED) is 0.298. The molecular formula is C16H22F2O2Si. The van der Waals surface area contributed by atoms with E-state index in [4.69, 9.17) is 9.47 Å². The molecule has 0 saturated heterocycles. The van der Waals surface area contributed by atoms with E-state index in [0.717, 1.165) is 5.56 Å². The van der Waals surface area contributed by atoms with E-state index in [1.807, 2.05) is 50.0 Å². The molecule has 0 radical (unpaired) electrons. The summed E-state index contributed by atoms with van der Waals surface area (Å²) >= 11 is 0. The lowest BCUT2D eigenvalue weighted by atomic mass is 10.2. The Bertz CT molecular complexity index is 475. The van der Waals surface area contributed by atoms with Crippen LogP contribution in [0.15, 0.2) is 53.9 Å². The van der Waals surface area contributed by atoms with Crippen LogP contribution in [0.1, 0.15) is 5.56 Å². The van der Waals surface area contributed by atoms with Crippen LogP contribution in [0.5, 0.6) is 0 Å². The zero-order chi connectivity index (χ0) is 15.7. The summed E-state index contributed by atoms with van der Waals surface area (Å²) in [6, 6.07) is 9.84. The summed E-state index contributed by atoms with van der Waals surface area (Å²) in [6.45, 7) is 6.59. The van der Waals surface area contributed by atoms with E-state index >= 15 is 0 Å². The second-order valence-electron chi connectivity index (χ2n) is 5.62. The van der Waals surface area contributed by atoms with Gasteiger partial charge in [0.15, 0.2) is 0 Å². The minimum absolute atomic E-state index is 0.127. The van der Waals surface area contributed by atoms with Crippen LogP contribution in [-0.4, -0.2) is 21.3 Å². The van der Waals surface area contributed by atoms with E-state index in [-0.39, 0.29) is 12.0 Å². The number of hydrogen-bond acceptors (Lipinski definition) is 2. The molecule has 0 aliphatic heterocycles. The lowest BCUT2D eigenvalue weighted by Gasteiger charge is -2.19. The maximum absolute atomic E-state index is 12.8. The van der Waals surface area contributed by atoms with Gasteiger partial charge in [0.25, 0.3) is 0 Å². The Morgan fingerprint density at radius 1 is 1.05 bits per heavy atom. The molecule has 0 saturated carbocycles. The Kier molecular flexibility index (Phi) is 7.32. The predicted octanol–water partition coefficient (Wildman–Crippen LogP) is 4.76. The van der Waals surface area contributed by atoms with E-state index < -0.39 is 14.2 Å². The normalized spacial score (nSPS) is 11.7. The maximum atomic E-state index is 12.8. The summed E-state index contributed by atoms with van der Waals surface area (Å²) in [5.74, 6) is 0. The van der Waals surface area contributed by atoms with Crippen LogP contribution in [0, 0.1) is 0 Å². The number of hydrogen-bond donors (Lipinski definition) is 0. The highest BCUT2D eigenvalue weighted by Crippen LogP contribution is 2.21. The molecule has 1 aromatic carbocycles. The van der Waals surface area contributed by atoms with E-state index in [1.165, 1.54) is 0 Å². The molecule has 5 heteroatoms. The fourth-order valence-electron chi connectivity index (χ4n) is 1.64. The van der Waals surface area contributed by atoms with Crippen molar-refractivity contribution in [3.63, 3.8) is 0 Å². The van der Waals surface area contributed by atoms with Gasteiger partial charge in [0.1, 0.15) is 20.1 Å². The number of ether oxygens (including phenoxy) is 2. The van der Waals surface area contributed by atoms with Crippen molar-refractivity contribution >= 4 is 8.07 Å². The summed E-state index contributed by atoms with van der Waals surface area (Å²) in [5, 5.41) is -0.127. The van der Waals surface area contributed by atoms with Crippen molar-refractivity contribution in [2.75, 3.05) is 13.2 Å². The molecule has 0 aliphatic rings. The first-order valence-corrected chi connectivity index (χ1v) is 10.4. The second-order valence-corrected chi connectivity index (χ2v) is 10.6. The van der Waals surface area contributed by atoms with Gasteiger partial charge in [-0.05, 0) is 11.6 Å². The lowest BCUT2D eigenvalue weighted by Crippen LogP contribution is -2.26. The number of rotatable bonds is 8. The van der Waals surface area contributed by atoms with Crippen LogP contribution in [-0.2, 0) is 16.1 Å². The molecule has 0 atom stereocenters. The van der Waals surface area contributed by atoms with Crippen LogP contribution in [0.2, 0.25) is 19.6 Å². The Hall–Kier alpha value is -1.46. The number of halogens is 2. The van der Waals surface area contributed by atoms with Crippen LogP contribution >= 0.6 is 0 Å². The largest absolute Gasteiger partial charge is 0.494 e. The molecule has 116 valence electrons. The van der Waals surface area contributed by atoms with Crippen LogP contribution in [0.3, 0.4) is 0 Å². The molecule has 0 spiro atoms. The van der Waals surface area contributed by atoms with Gasteiger partial charge in [-0.1, -0.05) is 56.0 Å². The molecule has 0 heterocycles. The summed E-state index contributed by atoms with van der Waals surface area (Å²) in [5.41, 5.74) is 1.10. The molecule has 1 rings (SSSR count). The highest BCUT2D eigenvalue weighted by Gasteiger charge is 2.26. The van der Waals surface area contributed by atoms with E-state index in [1.54, 1.807) is 12.2 Å². The van der Waals surface area contributed by atoms with Crippen molar-refractivity contribution in [1.82, 2.24) is 0 Å². The Morgan fingerprint density at radius 3 is 2.24 bits per heavy atom. The minimum atomic E-state index is -2.13. The van der Waals surface area contributed by atoms with Gasteiger partial charge in [0.05, 0.1) is 13.2 Å². The topological polar surface area (TPSA) is 18.5 Å². The zero-order valence-corrected chi connectivity index (χ0v) is 13.7. The van der Waals surface area contributed by atoms with Gasteiger partial charge in [0.2, 0.25) is 0 Å². The molecule has 0 aliphatic carbocycles. The molecule has 2 nitrogen and oxygen atoms in total. The van der Waals surface area contributed by atoms with Crippen LogP contribution in [0.25, 0.3) is 0 Å². The summed E-state index contributed by atoms with van der Waals surface area (Å²) in [4.78, 5) is 0. The Morgan fingerprint density at radius 2 is 1.67 bits per heavy atom. The molecule has 0 bridgehead atoms. The highest BCUT2D eigenvalue weighted by atomic mass is 28.3. The van der Waals surface area contributed by atoms with Crippen molar-refractivity contribution in [2.45, 2.75) is 26.2 Å². The van der Waals surface area contributed by atoms with E-state index in [2.05, 4.69) is 0 Å². The second kappa shape index (κ2) is 8.74. The van der Waals surface area contributed by atoms with Crippen LogP contribution in [0.4, 0.5) is 8.78 Å². The predicted molar refractivity (Wildman–Crippen MR) is 83.8 cm³/mol. The number of benzene rings is 1. The van der Waals surface area contributed by atoms with E-state index in [9.17, 15) is 8.78 Å². The third kappa shape index (κ3) is 7.20. The first kappa shape index (κ1) is 17.6. The van der Waals surface area contributed by atoms with Gasteiger partial charge in [0, 0.05) is 0 Å². The van der Waals surface area contributed by atoms with Crippen molar-refractivity contribution in [3.05, 3.63) is 59.5 Å². The zero-order valence-electron chi connectivity index (χ0n) is 12.7. The lowest BCUT2D eigenvalue weighted by molar-refractivity contribution is 0.148. The van der Waals surface area contributed by atoms with Gasteiger partial charge >= 0.3 is 6.08 Å². The third-order valence-electron chi connectivity index (χ3n) is 2.67. The molecule has 0 fully saturated rings. The fourth-order valence-corrected chi connectivity index (χ4v) is 2.72. The van der Waals surface area contributed by atoms with Crippen molar-refractivity contribution < 1.29 is 18.3 Å². The van der Waals surface area contributed by atoms with Crippen molar-refractivity contribution in [1.29, 1.82) is 0 Å². The first-order valence-electron chi connectivity index (χ1n) is 6.86. The van der Waals surface area contributed by atoms with Gasteiger partial charge < -0.3 is 9.47 Å². The SMILES string of the molecule is C[Si](C)(C)C(OC/C=C/COCc1ccccc1)=C(F)F. The van der Waals surface area contributed by atoms with Crippen molar-refractivity contribution in [2.24, 2.45) is 0 Å². The standard InChI is InChI=1S/C16H22F2O2Si/c1-21(2,3)16(15(17)18)20-12-8-7-11-19-13-14-9-5-4-6-10-14/h4-10H,11-13H2,1-3H3/b8-7+. The summed E-state index contributed by atoms with van der Waals surface area (Å²) in [6.07, 6.45) is 1.78. The van der Waals surface area contributed by atoms with E-state index in [0.29, 0.717) is 13.2 Å². The molecule has 0 amide bonds. The minimum Gasteiger partial charge on any atom is -0.494 e. The molecule has 0 N–H and O–H groups in total. The first-order chi connectivity index (χ1) is 9.91. The van der Waals surface area contributed by atoms with Crippen molar-refractivity contribution in [3.8, 4) is 0 Å². The average molecular weight is 312 g/mol. The third-order valence-corrected chi connectivity index (χ3v) is 4.36. The fraction of sp³-hybridized carbons (Fsp3) is 0.375. The maximum Gasteiger partial charge on any atom is 0.302 e. The van der Waals surface area contributed by atoms with Gasteiger partial charge in [-0.15, -0.1) is 0 Å². The molecular weight excluding hydrogens is 290 g/mol. The van der Waals surface area contributed by atoms with Crippen LogP contribution < -0.4 is 0 Å². The summed E-state index contributed by atoms with van der Waals surface area (Å²) in [7, 11) is -2.13. The summed E-state index contributed by atoms with van der Waals surface area (Å²) < 4.78 is 36.1. The molecule has 21 heavy (non-hydrogen) atoms. The van der Waals surface area contributed by atoms with Gasteiger partial charge in [-0.2, -0.15) is 8.78 Å². The Labute approximate surface area is 126 Å². The monoisotopic (exact) mass is 312 g/mol.